The molecule has 1 heterocycles. The van der Waals surface area contributed by atoms with Crippen LogP contribution in [0.5, 0.6) is 0 Å². The molecule has 0 aromatic rings. The maximum atomic E-state index is 12.5. The van der Waals surface area contributed by atoms with E-state index in [-0.39, 0.29) is 6.10 Å². The van der Waals surface area contributed by atoms with E-state index in [9.17, 15) is 8.42 Å². The lowest BCUT2D eigenvalue weighted by Crippen LogP contribution is -2.45. The number of hydrogen-bond acceptors (Lipinski definition) is 4. The maximum Gasteiger partial charge on any atom is 0.281 e. The van der Waals surface area contributed by atoms with E-state index < -0.39 is 10.2 Å². The van der Waals surface area contributed by atoms with Crippen molar-refractivity contribution in [3.63, 3.8) is 0 Å². The molecular weight excluding hydrogens is 290 g/mol. The molecule has 1 rings (SSSR count). The molecule has 1 saturated heterocycles. The summed E-state index contributed by atoms with van der Waals surface area (Å²) in [5.41, 5.74) is 0. The van der Waals surface area contributed by atoms with Crippen LogP contribution in [0.2, 0.25) is 0 Å². The molecule has 126 valence electrons. The Labute approximate surface area is 130 Å². The summed E-state index contributed by atoms with van der Waals surface area (Å²) in [6, 6.07) is 0. The molecule has 0 bridgehead atoms. The Morgan fingerprint density at radius 2 is 2.05 bits per heavy atom. The minimum absolute atomic E-state index is 0.0549. The van der Waals surface area contributed by atoms with Crippen molar-refractivity contribution in [2.45, 2.75) is 45.6 Å². The second kappa shape index (κ2) is 9.74. The summed E-state index contributed by atoms with van der Waals surface area (Å²) < 4.78 is 33.6. The van der Waals surface area contributed by atoms with Crippen LogP contribution in [-0.4, -0.2) is 69.5 Å². The predicted molar refractivity (Wildman–Crippen MR) is 85.5 cm³/mol. The van der Waals surface area contributed by atoms with Crippen molar-refractivity contribution in [1.82, 2.24) is 13.9 Å². The van der Waals surface area contributed by atoms with Gasteiger partial charge < -0.3 is 10.1 Å². The second-order valence-corrected chi connectivity index (χ2v) is 7.55. The topological polar surface area (TPSA) is 61.9 Å². The Hall–Kier alpha value is -0.210. The SMILES string of the molecule is CCCNCCCN(C)S(=O)(=O)N(CC)CC1CCCO1. The predicted octanol–water partition coefficient (Wildman–Crippen LogP) is 1.05. The molecule has 1 N–H and O–H groups in total. The summed E-state index contributed by atoms with van der Waals surface area (Å²) in [4.78, 5) is 0. The van der Waals surface area contributed by atoms with E-state index in [1.54, 1.807) is 7.05 Å². The molecule has 7 heteroatoms. The molecule has 0 aromatic carbocycles. The number of likely N-dealkylation sites (N-methyl/N-ethyl adjacent to an activating group) is 1. The highest BCUT2D eigenvalue weighted by Crippen LogP contribution is 2.16. The van der Waals surface area contributed by atoms with E-state index in [1.807, 2.05) is 6.92 Å². The quantitative estimate of drug-likeness (QED) is 0.578. The van der Waals surface area contributed by atoms with Gasteiger partial charge in [0.1, 0.15) is 0 Å². The first-order valence-electron chi connectivity index (χ1n) is 8.06. The van der Waals surface area contributed by atoms with E-state index in [0.717, 1.165) is 45.4 Å². The molecule has 21 heavy (non-hydrogen) atoms. The average Bonchev–Trinajstić information content (AvgIpc) is 2.97. The first-order chi connectivity index (χ1) is 10.0. The van der Waals surface area contributed by atoms with Gasteiger partial charge in [-0.1, -0.05) is 13.8 Å². The van der Waals surface area contributed by atoms with Crippen LogP contribution in [-0.2, 0) is 14.9 Å². The van der Waals surface area contributed by atoms with Gasteiger partial charge in [-0.3, -0.25) is 0 Å². The van der Waals surface area contributed by atoms with Gasteiger partial charge in [-0.25, -0.2) is 0 Å². The molecule has 0 radical (unpaired) electrons. The Kier molecular flexibility index (Phi) is 8.73. The molecule has 0 saturated carbocycles. The Morgan fingerprint density at radius 1 is 1.29 bits per heavy atom. The van der Waals surface area contributed by atoms with Crippen LogP contribution in [0.15, 0.2) is 0 Å². The van der Waals surface area contributed by atoms with Gasteiger partial charge in [-0.2, -0.15) is 17.0 Å². The Balaban J connectivity index is 2.43. The molecule has 6 nitrogen and oxygen atoms in total. The van der Waals surface area contributed by atoms with E-state index in [4.69, 9.17) is 4.74 Å². The molecule has 1 fully saturated rings. The number of rotatable bonds is 11. The van der Waals surface area contributed by atoms with Crippen molar-refractivity contribution in [1.29, 1.82) is 0 Å². The highest BCUT2D eigenvalue weighted by Gasteiger charge is 2.29. The van der Waals surface area contributed by atoms with Crippen LogP contribution in [0, 0.1) is 0 Å². The van der Waals surface area contributed by atoms with E-state index >= 15 is 0 Å². The monoisotopic (exact) mass is 321 g/mol. The highest BCUT2D eigenvalue weighted by atomic mass is 32.2. The van der Waals surface area contributed by atoms with Gasteiger partial charge in [0.15, 0.2) is 0 Å². The van der Waals surface area contributed by atoms with E-state index in [2.05, 4.69) is 12.2 Å². The lowest BCUT2D eigenvalue weighted by Gasteiger charge is -2.28. The summed E-state index contributed by atoms with van der Waals surface area (Å²) in [6.07, 6.45) is 3.96. The Morgan fingerprint density at radius 3 is 2.62 bits per heavy atom. The maximum absolute atomic E-state index is 12.5. The third kappa shape index (κ3) is 6.20. The third-order valence-electron chi connectivity index (χ3n) is 3.76. The van der Waals surface area contributed by atoms with E-state index in [0.29, 0.717) is 19.6 Å². The normalized spacial score (nSPS) is 19.8. The van der Waals surface area contributed by atoms with Crippen molar-refractivity contribution < 1.29 is 13.2 Å². The van der Waals surface area contributed by atoms with Crippen molar-refractivity contribution in [3.8, 4) is 0 Å². The fraction of sp³-hybridized carbons (Fsp3) is 1.00. The second-order valence-electron chi connectivity index (χ2n) is 5.52. The largest absolute Gasteiger partial charge is 0.377 e. The summed E-state index contributed by atoms with van der Waals surface area (Å²) in [6.45, 7) is 8.08. The summed E-state index contributed by atoms with van der Waals surface area (Å²) in [5, 5.41) is 3.29. The lowest BCUT2D eigenvalue weighted by molar-refractivity contribution is 0.0933. The molecule has 1 aliphatic heterocycles. The van der Waals surface area contributed by atoms with Crippen molar-refractivity contribution >= 4 is 10.2 Å². The Bertz CT molecular complexity index is 370. The van der Waals surface area contributed by atoms with Gasteiger partial charge >= 0.3 is 0 Å². The summed E-state index contributed by atoms with van der Waals surface area (Å²) >= 11 is 0. The van der Waals surface area contributed by atoms with Crippen LogP contribution in [0.1, 0.15) is 39.5 Å². The number of hydrogen-bond donors (Lipinski definition) is 1. The van der Waals surface area contributed by atoms with Crippen LogP contribution in [0.4, 0.5) is 0 Å². The van der Waals surface area contributed by atoms with Crippen molar-refractivity contribution in [2.24, 2.45) is 0 Å². The smallest absolute Gasteiger partial charge is 0.281 e. The van der Waals surface area contributed by atoms with Gasteiger partial charge in [-0.05, 0) is 38.8 Å². The minimum Gasteiger partial charge on any atom is -0.377 e. The summed E-state index contributed by atoms with van der Waals surface area (Å²) in [7, 11) is -1.71. The third-order valence-corrected chi connectivity index (χ3v) is 5.79. The molecule has 0 spiro atoms. The van der Waals surface area contributed by atoms with Gasteiger partial charge in [0.2, 0.25) is 0 Å². The molecule has 0 aromatic heterocycles. The van der Waals surface area contributed by atoms with Gasteiger partial charge in [0.05, 0.1) is 6.10 Å². The molecule has 1 atom stereocenters. The van der Waals surface area contributed by atoms with Gasteiger partial charge in [0.25, 0.3) is 10.2 Å². The molecule has 1 aliphatic rings. The fourth-order valence-electron chi connectivity index (χ4n) is 2.44. The van der Waals surface area contributed by atoms with Crippen LogP contribution >= 0.6 is 0 Å². The standard InChI is InChI=1S/C14H31N3O3S/c1-4-9-15-10-7-11-16(3)21(18,19)17(5-2)13-14-8-6-12-20-14/h14-15H,4-13H2,1-3H3. The first-order valence-corrected chi connectivity index (χ1v) is 9.45. The molecule has 0 aliphatic carbocycles. The number of ether oxygens (including phenoxy) is 1. The number of nitrogens with zero attached hydrogens (tertiary/aromatic N) is 2. The van der Waals surface area contributed by atoms with Crippen LogP contribution in [0.25, 0.3) is 0 Å². The highest BCUT2D eigenvalue weighted by molar-refractivity contribution is 7.86. The van der Waals surface area contributed by atoms with Crippen molar-refractivity contribution in [2.75, 3.05) is 46.4 Å². The van der Waals surface area contributed by atoms with E-state index in [1.165, 1.54) is 8.61 Å². The number of nitrogens with one attached hydrogen (secondary N) is 1. The fourth-order valence-corrected chi connectivity index (χ4v) is 3.88. The minimum atomic E-state index is -3.37. The van der Waals surface area contributed by atoms with Crippen LogP contribution in [0.3, 0.4) is 0 Å². The zero-order valence-corrected chi connectivity index (χ0v) is 14.5. The first kappa shape index (κ1) is 18.8. The molecular formula is C14H31N3O3S. The molecule has 1 unspecified atom stereocenters. The lowest BCUT2D eigenvalue weighted by atomic mass is 10.2. The zero-order valence-electron chi connectivity index (χ0n) is 13.7. The van der Waals surface area contributed by atoms with Crippen molar-refractivity contribution in [3.05, 3.63) is 0 Å². The molecule has 0 amide bonds. The van der Waals surface area contributed by atoms with Gasteiger partial charge in [-0.15, -0.1) is 0 Å². The van der Waals surface area contributed by atoms with Crippen LogP contribution < -0.4 is 5.32 Å². The van der Waals surface area contributed by atoms with Gasteiger partial charge in [0, 0.05) is 33.3 Å². The summed E-state index contributed by atoms with van der Waals surface area (Å²) in [5.74, 6) is 0. The zero-order chi connectivity index (χ0) is 15.7. The average molecular weight is 321 g/mol.